The Kier molecular flexibility index (Phi) is 6.04. The number of rotatable bonds is 9. The van der Waals surface area contributed by atoms with Gasteiger partial charge in [0.15, 0.2) is 0 Å². The van der Waals surface area contributed by atoms with Crippen molar-refractivity contribution in [2.45, 2.75) is 44.8 Å². The molecule has 0 aliphatic heterocycles. The molecule has 1 saturated carbocycles. The number of nitriles is 1. The molecule has 1 atom stereocenters. The summed E-state index contributed by atoms with van der Waals surface area (Å²) in [7, 11) is 0. The van der Waals surface area contributed by atoms with Crippen LogP contribution < -0.4 is 4.74 Å². The molecule has 0 spiro atoms. The Bertz CT molecular complexity index is 480. The molecular formula is C17H24N2O2. The average Bonchev–Trinajstić information content (AvgIpc) is 3.34. The molecule has 1 aromatic rings. The van der Waals surface area contributed by atoms with Crippen LogP contribution in [0.25, 0.3) is 0 Å². The molecule has 0 amide bonds. The topological polar surface area (TPSA) is 56.5 Å². The molecule has 4 nitrogen and oxygen atoms in total. The lowest BCUT2D eigenvalue weighted by Gasteiger charge is -2.24. The van der Waals surface area contributed by atoms with Gasteiger partial charge in [-0.25, -0.2) is 0 Å². The van der Waals surface area contributed by atoms with E-state index in [1.807, 2.05) is 6.07 Å². The van der Waals surface area contributed by atoms with Crippen LogP contribution in [0.5, 0.6) is 5.75 Å². The van der Waals surface area contributed by atoms with Gasteiger partial charge in [0.05, 0.1) is 5.56 Å². The highest BCUT2D eigenvalue weighted by Gasteiger charge is 2.29. The number of ether oxygens (including phenoxy) is 1. The zero-order valence-corrected chi connectivity index (χ0v) is 12.7. The summed E-state index contributed by atoms with van der Waals surface area (Å²) in [6.07, 6.45) is 4.31. The van der Waals surface area contributed by atoms with E-state index in [4.69, 9.17) is 10.00 Å². The molecule has 1 unspecified atom stereocenters. The van der Waals surface area contributed by atoms with Gasteiger partial charge in [0.2, 0.25) is 0 Å². The number of aliphatic hydroxyl groups is 1. The summed E-state index contributed by atoms with van der Waals surface area (Å²) in [6, 6.07) is 9.88. The largest absolute Gasteiger partial charge is 0.489 e. The monoisotopic (exact) mass is 288 g/mol. The third-order valence-electron chi connectivity index (χ3n) is 3.75. The van der Waals surface area contributed by atoms with E-state index in [2.05, 4.69) is 17.9 Å². The highest BCUT2D eigenvalue weighted by atomic mass is 16.5. The molecule has 1 aliphatic rings. The fourth-order valence-electron chi connectivity index (χ4n) is 2.42. The van der Waals surface area contributed by atoms with Gasteiger partial charge >= 0.3 is 0 Å². The highest BCUT2D eigenvalue weighted by Crippen LogP contribution is 2.27. The Morgan fingerprint density at radius 3 is 2.86 bits per heavy atom. The van der Waals surface area contributed by atoms with Gasteiger partial charge < -0.3 is 9.84 Å². The number of nitrogens with zero attached hydrogens (tertiary/aromatic N) is 2. The summed E-state index contributed by atoms with van der Waals surface area (Å²) in [4.78, 5) is 2.37. The van der Waals surface area contributed by atoms with E-state index in [9.17, 15) is 5.11 Å². The third kappa shape index (κ3) is 5.04. The first kappa shape index (κ1) is 15.8. The van der Waals surface area contributed by atoms with Gasteiger partial charge in [0, 0.05) is 12.6 Å². The first-order chi connectivity index (χ1) is 10.2. The fourth-order valence-corrected chi connectivity index (χ4v) is 2.42. The summed E-state index contributed by atoms with van der Waals surface area (Å²) in [5.41, 5.74) is 0.509. The molecule has 0 bridgehead atoms. The van der Waals surface area contributed by atoms with Crippen molar-refractivity contribution in [2.75, 3.05) is 19.7 Å². The minimum atomic E-state index is -0.519. The molecule has 0 heterocycles. The van der Waals surface area contributed by atoms with Crippen LogP contribution in [0, 0.1) is 11.3 Å². The molecule has 1 aliphatic carbocycles. The normalized spacial score (nSPS) is 15.7. The molecule has 21 heavy (non-hydrogen) atoms. The zero-order chi connectivity index (χ0) is 15.1. The van der Waals surface area contributed by atoms with Crippen molar-refractivity contribution in [3.63, 3.8) is 0 Å². The van der Waals surface area contributed by atoms with Crippen molar-refractivity contribution in [3.8, 4) is 11.8 Å². The van der Waals surface area contributed by atoms with E-state index in [0.29, 0.717) is 23.9 Å². The second-order valence-electron chi connectivity index (χ2n) is 5.65. The lowest BCUT2D eigenvalue weighted by atomic mass is 10.2. The van der Waals surface area contributed by atoms with Gasteiger partial charge in [-0.3, -0.25) is 4.90 Å². The standard InChI is InChI=1S/C17H24N2O2/c1-2-3-10-19(15-8-9-15)12-16(20)13-21-17-7-5-4-6-14(17)11-18/h4-7,15-16,20H,2-3,8-10,12-13H2,1H3. The van der Waals surface area contributed by atoms with Crippen molar-refractivity contribution in [2.24, 2.45) is 0 Å². The van der Waals surface area contributed by atoms with Crippen LogP contribution >= 0.6 is 0 Å². The quantitative estimate of drug-likeness (QED) is 0.759. The molecule has 1 fully saturated rings. The molecule has 4 heteroatoms. The van der Waals surface area contributed by atoms with Crippen molar-refractivity contribution < 1.29 is 9.84 Å². The SMILES string of the molecule is CCCCN(CC(O)COc1ccccc1C#N)C1CC1. The Hall–Kier alpha value is -1.57. The van der Waals surface area contributed by atoms with Gasteiger partial charge in [0.1, 0.15) is 24.5 Å². The molecule has 0 aromatic heterocycles. The first-order valence-electron chi connectivity index (χ1n) is 7.78. The van der Waals surface area contributed by atoms with Crippen molar-refractivity contribution in [1.29, 1.82) is 5.26 Å². The summed E-state index contributed by atoms with van der Waals surface area (Å²) in [6.45, 7) is 4.11. The lowest BCUT2D eigenvalue weighted by Crippen LogP contribution is -2.37. The van der Waals surface area contributed by atoms with Gasteiger partial charge in [-0.15, -0.1) is 0 Å². The van der Waals surface area contributed by atoms with Gasteiger partial charge in [-0.2, -0.15) is 5.26 Å². The van der Waals surface area contributed by atoms with Crippen LogP contribution in [0.1, 0.15) is 38.2 Å². The molecule has 2 rings (SSSR count). The zero-order valence-electron chi connectivity index (χ0n) is 12.7. The van der Waals surface area contributed by atoms with Gasteiger partial charge in [-0.1, -0.05) is 25.5 Å². The first-order valence-corrected chi connectivity index (χ1v) is 7.78. The maximum Gasteiger partial charge on any atom is 0.137 e. The average molecular weight is 288 g/mol. The van der Waals surface area contributed by atoms with Crippen molar-refractivity contribution in [1.82, 2.24) is 4.90 Å². The highest BCUT2D eigenvalue weighted by molar-refractivity contribution is 5.42. The molecule has 0 saturated heterocycles. The summed E-state index contributed by atoms with van der Waals surface area (Å²) < 4.78 is 5.60. The van der Waals surface area contributed by atoms with E-state index in [0.717, 1.165) is 6.54 Å². The second-order valence-corrected chi connectivity index (χ2v) is 5.65. The summed E-state index contributed by atoms with van der Waals surface area (Å²) in [5, 5.41) is 19.2. The number of hydrogen-bond acceptors (Lipinski definition) is 4. The Morgan fingerprint density at radius 2 is 2.19 bits per heavy atom. The summed E-state index contributed by atoms with van der Waals surface area (Å²) >= 11 is 0. The molecule has 1 aromatic carbocycles. The number of aliphatic hydroxyl groups excluding tert-OH is 1. The Morgan fingerprint density at radius 1 is 1.43 bits per heavy atom. The Labute approximate surface area is 127 Å². The van der Waals surface area contributed by atoms with Crippen LogP contribution in [0.2, 0.25) is 0 Å². The minimum Gasteiger partial charge on any atom is -0.489 e. The molecular weight excluding hydrogens is 264 g/mol. The van der Waals surface area contributed by atoms with Crippen LogP contribution in [0.4, 0.5) is 0 Å². The van der Waals surface area contributed by atoms with E-state index in [-0.39, 0.29) is 6.61 Å². The van der Waals surface area contributed by atoms with E-state index in [1.54, 1.807) is 18.2 Å². The minimum absolute atomic E-state index is 0.230. The van der Waals surface area contributed by atoms with E-state index >= 15 is 0 Å². The fraction of sp³-hybridized carbons (Fsp3) is 0.588. The molecule has 114 valence electrons. The number of para-hydroxylation sites is 1. The predicted octanol–water partition coefficient (Wildman–Crippen LogP) is 2.56. The second kappa shape index (κ2) is 8.02. The maximum atomic E-state index is 10.2. The Balaban J connectivity index is 1.80. The number of hydrogen-bond donors (Lipinski definition) is 1. The smallest absolute Gasteiger partial charge is 0.137 e. The van der Waals surface area contributed by atoms with Gasteiger partial charge in [0.25, 0.3) is 0 Å². The predicted molar refractivity (Wildman–Crippen MR) is 82.2 cm³/mol. The van der Waals surface area contributed by atoms with Crippen molar-refractivity contribution >= 4 is 0 Å². The van der Waals surface area contributed by atoms with Crippen molar-refractivity contribution in [3.05, 3.63) is 29.8 Å². The van der Waals surface area contributed by atoms with Crippen LogP contribution in [-0.4, -0.2) is 41.8 Å². The third-order valence-corrected chi connectivity index (χ3v) is 3.75. The number of benzene rings is 1. The van der Waals surface area contributed by atoms with Crippen LogP contribution in [0.15, 0.2) is 24.3 Å². The summed E-state index contributed by atoms with van der Waals surface area (Å²) in [5.74, 6) is 0.547. The lowest BCUT2D eigenvalue weighted by molar-refractivity contribution is 0.0648. The number of unbranched alkanes of at least 4 members (excludes halogenated alkanes) is 1. The van der Waals surface area contributed by atoms with Crippen LogP contribution in [0.3, 0.4) is 0 Å². The molecule has 1 N–H and O–H groups in total. The van der Waals surface area contributed by atoms with E-state index < -0.39 is 6.10 Å². The van der Waals surface area contributed by atoms with Gasteiger partial charge in [-0.05, 0) is 37.9 Å². The molecule has 0 radical (unpaired) electrons. The maximum absolute atomic E-state index is 10.2. The van der Waals surface area contributed by atoms with E-state index in [1.165, 1.54) is 25.7 Å². The van der Waals surface area contributed by atoms with Crippen LogP contribution in [-0.2, 0) is 0 Å².